The van der Waals surface area contributed by atoms with Gasteiger partial charge in [0, 0.05) is 13.8 Å². The Morgan fingerprint density at radius 3 is 0.913 bits per heavy atom. The second-order valence-corrected chi connectivity index (χ2v) is 3.71. The summed E-state index contributed by atoms with van der Waals surface area (Å²) in [4.78, 5) is 18.0. The van der Waals surface area contributed by atoms with E-state index in [1.807, 2.05) is 12.1 Å². The Kier molecular flexibility index (Phi) is 19.0. The van der Waals surface area contributed by atoms with Gasteiger partial charge in [0.1, 0.15) is 11.5 Å². The van der Waals surface area contributed by atoms with Crippen molar-refractivity contribution in [3.8, 4) is 11.5 Å². The highest BCUT2D eigenvalue weighted by atomic mass is 35.5. The maximum absolute atomic E-state index is 9.00. The third-order valence-corrected chi connectivity index (χ3v) is 1.51. The zero-order valence-electron chi connectivity index (χ0n) is 12.8. The summed E-state index contributed by atoms with van der Waals surface area (Å²) in [7, 11) is 0. The number of aliphatic carboxylic acids is 2. The molecular formula is C16H21ClO6. The van der Waals surface area contributed by atoms with Crippen LogP contribution in [-0.4, -0.2) is 32.4 Å². The van der Waals surface area contributed by atoms with Gasteiger partial charge in [0.2, 0.25) is 0 Å². The van der Waals surface area contributed by atoms with Crippen molar-refractivity contribution in [2.75, 3.05) is 0 Å². The Labute approximate surface area is 141 Å². The van der Waals surface area contributed by atoms with Crippen LogP contribution in [0.15, 0.2) is 60.7 Å². The van der Waals surface area contributed by atoms with Crippen LogP contribution < -0.4 is 0 Å². The summed E-state index contributed by atoms with van der Waals surface area (Å²) in [6.07, 6.45) is 0. The van der Waals surface area contributed by atoms with E-state index in [9.17, 15) is 0 Å². The normalized spacial score (nSPS) is 7.39. The fourth-order valence-electron chi connectivity index (χ4n) is 0.856. The van der Waals surface area contributed by atoms with Crippen LogP contribution in [0.5, 0.6) is 11.5 Å². The molecule has 0 saturated carbocycles. The van der Waals surface area contributed by atoms with Gasteiger partial charge in [-0.15, -0.1) is 12.4 Å². The fourth-order valence-corrected chi connectivity index (χ4v) is 0.856. The number of para-hydroxylation sites is 2. The molecule has 23 heavy (non-hydrogen) atoms. The molecule has 0 aliphatic heterocycles. The highest BCUT2D eigenvalue weighted by Gasteiger charge is 1.75. The minimum atomic E-state index is -0.833. The van der Waals surface area contributed by atoms with Gasteiger partial charge in [-0.05, 0) is 24.3 Å². The summed E-state index contributed by atoms with van der Waals surface area (Å²) in [6.45, 7) is 2.17. The van der Waals surface area contributed by atoms with Crippen LogP contribution in [0, 0.1) is 0 Å². The number of carboxylic acids is 2. The van der Waals surface area contributed by atoms with E-state index >= 15 is 0 Å². The second kappa shape index (κ2) is 17.3. The highest BCUT2D eigenvalue weighted by Crippen LogP contribution is 2.03. The highest BCUT2D eigenvalue weighted by molar-refractivity contribution is 5.85. The van der Waals surface area contributed by atoms with Crippen LogP contribution in [0.3, 0.4) is 0 Å². The summed E-state index contributed by atoms with van der Waals surface area (Å²) in [6, 6.07) is 17.4. The molecule has 4 N–H and O–H groups in total. The maximum Gasteiger partial charge on any atom is 0.300 e. The Balaban J connectivity index is -0.000000238. The third-order valence-electron chi connectivity index (χ3n) is 1.51. The summed E-state index contributed by atoms with van der Waals surface area (Å²) in [5.74, 6) is -1.02. The minimum absolute atomic E-state index is 0. The molecule has 0 amide bonds. The molecule has 0 aliphatic carbocycles. The van der Waals surface area contributed by atoms with Crippen molar-refractivity contribution in [2.45, 2.75) is 13.8 Å². The first-order chi connectivity index (χ1) is 10.3. The van der Waals surface area contributed by atoms with Crippen LogP contribution in [0.4, 0.5) is 0 Å². The molecule has 0 unspecified atom stereocenters. The first kappa shape index (κ1) is 25.2. The van der Waals surface area contributed by atoms with Crippen LogP contribution in [0.25, 0.3) is 0 Å². The molecule has 0 spiro atoms. The van der Waals surface area contributed by atoms with Crippen molar-refractivity contribution in [3.63, 3.8) is 0 Å². The second-order valence-electron chi connectivity index (χ2n) is 3.71. The fraction of sp³-hybridized carbons (Fsp3) is 0.125. The number of carbonyl (C=O) groups is 2. The predicted octanol–water partition coefficient (Wildman–Crippen LogP) is 3.39. The Morgan fingerprint density at radius 2 is 0.826 bits per heavy atom. The molecule has 2 aromatic carbocycles. The number of halogens is 1. The summed E-state index contributed by atoms with van der Waals surface area (Å²) in [5.41, 5.74) is 0. The topological polar surface area (TPSA) is 115 Å². The number of aromatic hydroxyl groups is 2. The van der Waals surface area contributed by atoms with E-state index in [0.717, 1.165) is 13.8 Å². The van der Waals surface area contributed by atoms with Crippen molar-refractivity contribution in [2.24, 2.45) is 0 Å². The molecule has 0 heterocycles. The predicted molar refractivity (Wildman–Crippen MR) is 90.1 cm³/mol. The lowest BCUT2D eigenvalue weighted by Gasteiger charge is -1.82. The average Bonchev–Trinajstić information content (AvgIpc) is 2.40. The van der Waals surface area contributed by atoms with Crippen molar-refractivity contribution >= 4 is 24.3 Å². The van der Waals surface area contributed by atoms with Gasteiger partial charge in [-0.2, -0.15) is 0 Å². The largest absolute Gasteiger partial charge is 0.508 e. The van der Waals surface area contributed by atoms with Gasteiger partial charge in [-0.1, -0.05) is 36.4 Å². The van der Waals surface area contributed by atoms with Gasteiger partial charge < -0.3 is 20.4 Å². The first-order valence-corrected chi connectivity index (χ1v) is 6.12. The molecule has 0 aromatic heterocycles. The van der Waals surface area contributed by atoms with E-state index in [0.29, 0.717) is 11.5 Å². The smallest absolute Gasteiger partial charge is 0.300 e. The third kappa shape index (κ3) is 32.6. The molecule has 0 atom stereocenters. The van der Waals surface area contributed by atoms with Crippen LogP contribution in [0.1, 0.15) is 13.8 Å². The Bertz CT molecular complexity index is 459. The first-order valence-electron chi connectivity index (χ1n) is 6.12. The Hall–Kier alpha value is -2.73. The molecular weight excluding hydrogens is 324 g/mol. The van der Waals surface area contributed by atoms with Gasteiger partial charge in [0.05, 0.1) is 0 Å². The number of hydrogen-bond donors (Lipinski definition) is 4. The van der Waals surface area contributed by atoms with Crippen molar-refractivity contribution in [1.29, 1.82) is 0 Å². The van der Waals surface area contributed by atoms with E-state index in [4.69, 9.17) is 30.0 Å². The van der Waals surface area contributed by atoms with Crippen LogP contribution in [0.2, 0.25) is 0 Å². The lowest BCUT2D eigenvalue weighted by molar-refractivity contribution is -0.135. The van der Waals surface area contributed by atoms with E-state index in [2.05, 4.69) is 0 Å². The summed E-state index contributed by atoms with van der Waals surface area (Å²) in [5, 5.41) is 32.1. The summed E-state index contributed by atoms with van der Waals surface area (Å²) < 4.78 is 0. The van der Waals surface area contributed by atoms with E-state index in [-0.39, 0.29) is 12.4 Å². The number of phenols is 2. The van der Waals surface area contributed by atoms with Gasteiger partial charge in [0.25, 0.3) is 11.9 Å². The SMILES string of the molecule is CC(=O)O.CC(=O)O.Cl.Oc1ccccc1.Oc1ccccc1. The van der Waals surface area contributed by atoms with Crippen molar-refractivity contribution in [1.82, 2.24) is 0 Å². The standard InChI is InChI=1S/2C6H6O.2C2H4O2.ClH/c2*7-6-4-2-1-3-5-6;2*1-2(3)4;/h2*1-5,7H;2*1H3,(H,3,4);1H. The van der Waals surface area contributed by atoms with Crippen LogP contribution in [-0.2, 0) is 9.59 Å². The molecule has 2 rings (SSSR count). The van der Waals surface area contributed by atoms with E-state index in [1.54, 1.807) is 48.5 Å². The average molecular weight is 345 g/mol. The number of hydrogen-bond acceptors (Lipinski definition) is 4. The van der Waals surface area contributed by atoms with Crippen molar-refractivity contribution < 1.29 is 30.0 Å². The molecule has 0 bridgehead atoms. The zero-order valence-corrected chi connectivity index (χ0v) is 13.6. The molecule has 0 saturated heterocycles. The quantitative estimate of drug-likeness (QED) is 0.582. The number of carboxylic acid groups (broad SMARTS) is 2. The maximum atomic E-state index is 9.00. The Morgan fingerprint density at radius 1 is 0.652 bits per heavy atom. The lowest BCUT2D eigenvalue weighted by atomic mass is 10.3. The molecule has 2 aromatic rings. The molecule has 6 nitrogen and oxygen atoms in total. The monoisotopic (exact) mass is 344 g/mol. The number of phenolic OH excluding ortho intramolecular Hbond substituents is 2. The van der Waals surface area contributed by atoms with E-state index in [1.165, 1.54) is 0 Å². The number of rotatable bonds is 0. The van der Waals surface area contributed by atoms with Gasteiger partial charge in [-0.25, -0.2) is 0 Å². The van der Waals surface area contributed by atoms with E-state index < -0.39 is 11.9 Å². The van der Waals surface area contributed by atoms with Gasteiger partial charge in [0.15, 0.2) is 0 Å². The zero-order chi connectivity index (χ0) is 17.4. The summed E-state index contributed by atoms with van der Waals surface area (Å²) >= 11 is 0. The van der Waals surface area contributed by atoms with Crippen LogP contribution >= 0.6 is 12.4 Å². The number of benzene rings is 2. The minimum Gasteiger partial charge on any atom is -0.508 e. The molecule has 0 aliphatic rings. The molecule has 7 heteroatoms. The van der Waals surface area contributed by atoms with Gasteiger partial charge in [-0.3, -0.25) is 9.59 Å². The molecule has 0 radical (unpaired) electrons. The lowest BCUT2D eigenvalue weighted by Crippen LogP contribution is -1.78. The van der Waals surface area contributed by atoms with Crippen molar-refractivity contribution in [3.05, 3.63) is 60.7 Å². The molecule has 128 valence electrons. The van der Waals surface area contributed by atoms with Gasteiger partial charge >= 0.3 is 0 Å². The molecule has 0 fully saturated rings.